The predicted molar refractivity (Wildman–Crippen MR) is 85.9 cm³/mol. The zero-order chi connectivity index (χ0) is 14.0. The molecule has 2 atom stereocenters. The molecule has 3 nitrogen and oxygen atoms in total. The zero-order valence-corrected chi connectivity index (χ0v) is 14.0. The van der Waals surface area contributed by atoms with E-state index in [2.05, 4.69) is 25.7 Å². The Labute approximate surface area is 130 Å². The third-order valence-corrected chi connectivity index (χ3v) is 5.35. The summed E-state index contributed by atoms with van der Waals surface area (Å²) < 4.78 is 0. The number of nitrogens with zero attached hydrogens (tertiary/aromatic N) is 1. The number of likely N-dealkylation sites (tertiary alicyclic amines) is 1. The monoisotopic (exact) mass is 302 g/mol. The SMILES string of the molecule is CC(C)C1CCN(C(=O)C2CCCCC2(C)N)CC1.Cl. The van der Waals surface area contributed by atoms with Crippen molar-refractivity contribution in [3.8, 4) is 0 Å². The van der Waals surface area contributed by atoms with E-state index in [1.54, 1.807) is 0 Å². The van der Waals surface area contributed by atoms with Crippen LogP contribution in [0.4, 0.5) is 0 Å². The first-order valence-electron chi connectivity index (χ1n) is 7.99. The van der Waals surface area contributed by atoms with Gasteiger partial charge in [0.25, 0.3) is 0 Å². The summed E-state index contributed by atoms with van der Waals surface area (Å²) in [7, 11) is 0. The number of piperidine rings is 1. The van der Waals surface area contributed by atoms with Crippen LogP contribution in [-0.2, 0) is 4.79 Å². The van der Waals surface area contributed by atoms with E-state index in [4.69, 9.17) is 5.73 Å². The van der Waals surface area contributed by atoms with Gasteiger partial charge >= 0.3 is 0 Å². The van der Waals surface area contributed by atoms with Crippen LogP contribution in [0.5, 0.6) is 0 Å². The van der Waals surface area contributed by atoms with Crippen molar-refractivity contribution < 1.29 is 4.79 Å². The second-order valence-electron chi connectivity index (χ2n) is 7.21. The molecule has 1 saturated carbocycles. The Hall–Kier alpha value is -0.280. The van der Waals surface area contributed by atoms with Crippen LogP contribution in [0, 0.1) is 17.8 Å². The zero-order valence-electron chi connectivity index (χ0n) is 13.2. The van der Waals surface area contributed by atoms with Crippen molar-refractivity contribution in [3.63, 3.8) is 0 Å². The van der Waals surface area contributed by atoms with Crippen molar-refractivity contribution in [1.29, 1.82) is 0 Å². The van der Waals surface area contributed by atoms with E-state index in [0.29, 0.717) is 5.91 Å². The lowest BCUT2D eigenvalue weighted by Gasteiger charge is -2.42. The molecule has 2 fully saturated rings. The van der Waals surface area contributed by atoms with Crippen LogP contribution in [-0.4, -0.2) is 29.4 Å². The van der Waals surface area contributed by atoms with Crippen LogP contribution in [0.25, 0.3) is 0 Å². The van der Waals surface area contributed by atoms with E-state index in [1.165, 1.54) is 6.42 Å². The van der Waals surface area contributed by atoms with Crippen molar-refractivity contribution in [1.82, 2.24) is 4.90 Å². The Morgan fingerprint density at radius 1 is 1.20 bits per heavy atom. The summed E-state index contributed by atoms with van der Waals surface area (Å²) in [5, 5.41) is 0. The topological polar surface area (TPSA) is 46.3 Å². The summed E-state index contributed by atoms with van der Waals surface area (Å²) in [6.07, 6.45) is 6.63. The van der Waals surface area contributed by atoms with Crippen molar-refractivity contribution >= 4 is 18.3 Å². The van der Waals surface area contributed by atoms with E-state index in [1.807, 2.05) is 0 Å². The standard InChI is InChI=1S/C16H30N2O.ClH/c1-12(2)13-7-10-18(11-8-13)15(19)14-6-4-5-9-16(14,3)17;/h12-14H,4-11,17H2,1-3H3;1H. The number of carbonyl (C=O) groups is 1. The maximum atomic E-state index is 12.7. The third-order valence-electron chi connectivity index (χ3n) is 5.35. The maximum Gasteiger partial charge on any atom is 0.227 e. The minimum Gasteiger partial charge on any atom is -0.342 e. The number of hydrogen-bond acceptors (Lipinski definition) is 2. The van der Waals surface area contributed by atoms with E-state index in [9.17, 15) is 4.79 Å². The van der Waals surface area contributed by atoms with Crippen molar-refractivity contribution in [2.24, 2.45) is 23.5 Å². The van der Waals surface area contributed by atoms with Gasteiger partial charge in [0.1, 0.15) is 0 Å². The van der Waals surface area contributed by atoms with Crippen LogP contribution in [0.15, 0.2) is 0 Å². The Bertz CT molecular complexity index is 322. The highest BCUT2D eigenvalue weighted by molar-refractivity contribution is 5.85. The lowest BCUT2D eigenvalue weighted by Crippen LogP contribution is -2.55. The highest BCUT2D eigenvalue weighted by atomic mass is 35.5. The lowest BCUT2D eigenvalue weighted by molar-refractivity contribution is -0.140. The van der Waals surface area contributed by atoms with Crippen molar-refractivity contribution in [2.45, 2.75) is 64.8 Å². The largest absolute Gasteiger partial charge is 0.342 e. The van der Waals surface area contributed by atoms with Gasteiger partial charge in [0.15, 0.2) is 0 Å². The summed E-state index contributed by atoms with van der Waals surface area (Å²) >= 11 is 0. The third kappa shape index (κ3) is 3.88. The van der Waals surface area contributed by atoms with Crippen LogP contribution in [0.2, 0.25) is 0 Å². The van der Waals surface area contributed by atoms with Crippen molar-refractivity contribution in [2.75, 3.05) is 13.1 Å². The number of hydrogen-bond donors (Lipinski definition) is 1. The predicted octanol–water partition coefficient (Wildman–Crippen LogP) is 3.21. The van der Waals surface area contributed by atoms with Crippen LogP contribution >= 0.6 is 12.4 Å². The molecular formula is C16H31ClN2O. The molecule has 2 rings (SSSR count). The summed E-state index contributed by atoms with van der Waals surface area (Å²) in [5.74, 6) is 1.91. The smallest absolute Gasteiger partial charge is 0.227 e. The minimum atomic E-state index is -0.287. The van der Waals surface area contributed by atoms with E-state index in [0.717, 1.165) is 57.0 Å². The minimum absolute atomic E-state index is 0. The van der Waals surface area contributed by atoms with Crippen LogP contribution in [0.1, 0.15) is 59.3 Å². The van der Waals surface area contributed by atoms with E-state index >= 15 is 0 Å². The van der Waals surface area contributed by atoms with Gasteiger partial charge in [-0.3, -0.25) is 4.79 Å². The van der Waals surface area contributed by atoms with Gasteiger partial charge in [0.05, 0.1) is 5.92 Å². The molecule has 0 bridgehead atoms. The summed E-state index contributed by atoms with van der Waals surface area (Å²) in [6, 6.07) is 0. The van der Waals surface area contributed by atoms with Crippen LogP contribution in [0.3, 0.4) is 0 Å². The quantitative estimate of drug-likeness (QED) is 0.851. The molecule has 1 aliphatic heterocycles. The molecule has 1 saturated heterocycles. The van der Waals surface area contributed by atoms with Gasteiger partial charge in [0.2, 0.25) is 5.91 Å². The molecule has 2 aliphatic rings. The summed E-state index contributed by atoms with van der Waals surface area (Å²) in [4.78, 5) is 14.8. The molecule has 1 heterocycles. The second kappa shape index (κ2) is 7.13. The summed E-state index contributed by atoms with van der Waals surface area (Å²) in [6.45, 7) is 8.53. The molecule has 1 amide bonds. The molecule has 2 N–H and O–H groups in total. The molecule has 1 aliphatic carbocycles. The van der Waals surface area contributed by atoms with Gasteiger partial charge in [-0.1, -0.05) is 26.7 Å². The fraction of sp³-hybridized carbons (Fsp3) is 0.938. The molecule has 0 spiro atoms. The van der Waals surface area contributed by atoms with Gasteiger partial charge in [-0.05, 0) is 44.4 Å². The Morgan fingerprint density at radius 2 is 1.80 bits per heavy atom. The summed E-state index contributed by atoms with van der Waals surface area (Å²) in [5.41, 5.74) is 6.07. The first-order chi connectivity index (χ1) is 8.92. The van der Waals surface area contributed by atoms with Gasteiger partial charge < -0.3 is 10.6 Å². The highest BCUT2D eigenvalue weighted by Crippen LogP contribution is 2.34. The average molecular weight is 303 g/mol. The number of nitrogens with two attached hydrogens (primary N) is 1. The van der Waals surface area contributed by atoms with E-state index in [-0.39, 0.29) is 23.9 Å². The molecule has 0 radical (unpaired) electrons. The van der Waals surface area contributed by atoms with Gasteiger partial charge in [-0.25, -0.2) is 0 Å². The van der Waals surface area contributed by atoms with Gasteiger partial charge in [0, 0.05) is 18.6 Å². The first kappa shape index (κ1) is 17.8. The average Bonchev–Trinajstić information content (AvgIpc) is 2.37. The number of carbonyl (C=O) groups excluding carboxylic acids is 1. The fourth-order valence-corrected chi connectivity index (χ4v) is 3.77. The molecule has 20 heavy (non-hydrogen) atoms. The molecule has 0 aromatic carbocycles. The Morgan fingerprint density at radius 3 is 2.30 bits per heavy atom. The lowest BCUT2D eigenvalue weighted by atomic mass is 9.73. The van der Waals surface area contributed by atoms with Crippen molar-refractivity contribution in [3.05, 3.63) is 0 Å². The molecule has 2 unspecified atom stereocenters. The number of amides is 1. The number of halogens is 1. The Balaban J connectivity index is 0.00000200. The molecule has 0 aromatic heterocycles. The molecule has 0 aromatic rings. The van der Waals surface area contributed by atoms with Gasteiger partial charge in [-0.15, -0.1) is 12.4 Å². The second-order valence-corrected chi connectivity index (χ2v) is 7.21. The fourth-order valence-electron chi connectivity index (χ4n) is 3.77. The molecular weight excluding hydrogens is 272 g/mol. The normalized spacial score (nSPS) is 32.0. The maximum absolute atomic E-state index is 12.7. The first-order valence-corrected chi connectivity index (χ1v) is 7.99. The highest BCUT2D eigenvalue weighted by Gasteiger charge is 2.40. The van der Waals surface area contributed by atoms with Gasteiger partial charge in [-0.2, -0.15) is 0 Å². The van der Waals surface area contributed by atoms with Crippen LogP contribution < -0.4 is 5.73 Å². The number of rotatable bonds is 2. The van der Waals surface area contributed by atoms with E-state index < -0.39 is 0 Å². The Kier molecular flexibility index (Phi) is 6.33. The molecule has 4 heteroatoms. The molecule has 118 valence electrons.